The molecule has 1 amide bonds. The van der Waals surface area contributed by atoms with Gasteiger partial charge in [-0.15, -0.1) is 12.4 Å². The minimum atomic E-state index is -0.475. The molecule has 2 rings (SSSR count). The summed E-state index contributed by atoms with van der Waals surface area (Å²) in [5, 5.41) is 6.29. The lowest BCUT2D eigenvalue weighted by Gasteiger charge is -2.13. The maximum atomic E-state index is 12.3. The van der Waals surface area contributed by atoms with E-state index in [4.69, 9.17) is 23.2 Å². The summed E-state index contributed by atoms with van der Waals surface area (Å²) in [4.78, 5) is 23.7. The molecule has 2 aromatic rings. The zero-order valence-corrected chi connectivity index (χ0v) is 15.8. The van der Waals surface area contributed by atoms with E-state index >= 15 is 0 Å². The number of carbonyl (C=O) groups is 2. The number of esters is 1. The quantitative estimate of drug-likeness (QED) is 0.714. The van der Waals surface area contributed by atoms with Crippen LogP contribution in [0.4, 0.5) is 11.4 Å². The summed E-state index contributed by atoms with van der Waals surface area (Å²) in [5.74, 6) is -0.755. The third-order valence-electron chi connectivity index (χ3n) is 3.27. The highest BCUT2D eigenvalue weighted by Crippen LogP contribution is 2.25. The van der Waals surface area contributed by atoms with Gasteiger partial charge in [-0.05, 0) is 43.3 Å². The van der Waals surface area contributed by atoms with E-state index in [1.54, 1.807) is 49.4 Å². The van der Waals surface area contributed by atoms with Crippen molar-refractivity contribution in [2.75, 3.05) is 17.7 Å². The van der Waals surface area contributed by atoms with Crippen LogP contribution in [0.2, 0.25) is 10.0 Å². The monoisotopic (exact) mass is 402 g/mol. The van der Waals surface area contributed by atoms with Crippen LogP contribution in [0.1, 0.15) is 17.3 Å². The number of nitrogens with one attached hydrogen (secondary N) is 2. The summed E-state index contributed by atoms with van der Waals surface area (Å²) in [6, 6.07) is 11.3. The van der Waals surface area contributed by atoms with Crippen LogP contribution in [-0.2, 0) is 9.53 Å². The van der Waals surface area contributed by atoms with Crippen LogP contribution in [0.5, 0.6) is 0 Å². The Bertz CT molecular complexity index is 731. The van der Waals surface area contributed by atoms with Crippen LogP contribution in [0, 0.1) is 0 Å². The van der Waals surface area contributed by atoms with Gasteiger partial charge in [0.1, 0.15) is 6.04 Å². The molecular weight excluding hydrogens is 387 g/mol. The van der Waals surface area contributed by atoms with Crippen molar-refractivity contribution < 1.29 is 14.3 Å². The third kappa shape index (κ3) is 5.53. The number of hydrogen-bond acceptors (Lipinski definition) is 4. The topological polar surface area (TPSA) is 67.4 Å². The van der Waals surface area contributed by atoms with Crippen molar-refractivity contribution in [1.29, 1.82) is 0 Å². The molecule has 5 nitrogen and oxygen atoms in total. The van der Waals surface area contributed by atoms with Gasteiger partial charge in [0, 0.05) is 11.4 Å². The van der Waals surface area contributed by atoms with E-state index in [0.29, 0.717) is 5.69 Å². The number of carbonyl (C=O) groups excluding carboxylic acids is 2. The van der Waals surface area contributed by atoms with Crippen molar-refractivity contribution in [3.05, 3.63) is 58.1 Å². The van der Waals surface area contributed by atoms with Crippen molar-refractivity contribution in [3.63, 3.8) is 0 Å². The number of anilines is 2. The molecule has 0 fully saturated rings. The smallest absolute Gasteiger partial charge is 0.327 e. The highest BCUT2D eigenvalue weighted by atomic mass is 35.5. The molecular formula is C17H17Cl3N2O3. The average Bonchev–Trinajstić information content (AvgIpc) is 2.55. The van der Waals surface area contributed by atoms with E-state index in [0.717, 1.165) is 5.69 Å². The first-order valence-corrected chi connectivity index (χ1v) is 7.87. The zero-order chi connectivity index (χ0) is 17.7. The van der Waals surface area contributed by atoms with Crippen molar-refractivity contribution in [1.82, 2.24) is 0 Å². The molecule has 2 aromatic carbocycles. The average molecular weight is 404 g/mol. The Hall–Kier alpha value is -1.95. The van der Waals surface area contributed by atoms with Crippen LogP contribution >= 0.6 is 35.6 Å². The number of amides is 1. The minimum absolute atomic E-state index is 0. The summed E-state index contributed by atoms with van der Waals surface area (Å²) in [6.07, 6.45) is 0. The van der Waals surface area contributed by atoms with Gasteiger partial charge in [0.15, 0.2) is 0 Å². The number of methoxy groups -OCH3 is 1. The fourth-order valence-electron chi connectivity index (χ4n) is 2.04. The molecule has 0 bridgehead atoms. The molecule has 8 heteroatoms. The predicted molar refractivity (Wildman–Crippen MR) is 103 cm³/mol. The number of rotatable bonds is 5. The maximum absolute atomic E-state index is 12.3. The molecule has 0 spiro atoms. The number of benzene rings is 2. The number of hydrogen-bond donors (Lipinski definition) is 2. The first-order chi connectivity index (χ1) is 11.4. The molecule has 1 atom stereocenters. The van der Waals surface area contributed by atoms with Crippen LogP contribution in [0.25, 0.3) is 0 Å². The normalized spacial score (nSPS) is 11.0. The Morgan fingerprint density at radius 1 is 1.00 bits per heavy atom. The van der Waals surface area contributed by atoms with Crippen LogP contribution in [0.15, 0.2) is 42.5 Å². The molecule has 0 aliphatic heterocycles. The second-order valence-corrected chi connectivity index (χ2v) is 5.83. The predicted octanol–water partition coefficient (Wildman–Crippen LogP) is 4.64. The fourth-order valence-corrected chi connectivity index (χ4v) is 2.61. The molecule has 0 heterocycles. The van der Waals surface area contributed by atoms with Gasteiger partial charge < -0.3 is 15.4 Å². The minimum Gasteiger partial charge on any atom is -0.467 e. The highest BCUT2D eigenvalue weighted by molar-refractivity contribution is 6.40. The Balaban J connectivity index is 0.00000312. The van der Waals surface area contributed by atoms with Gasteiger partial charge in [0.25, 0.3) is 5.91 Å². The highest BCUT2D eigenvalue weighted by Gasteiger charge is 2.15. The lowest BCUT2D eigenvalue weighted by Crippen LogP contribution is -2.27. The second kappa shape index (κ2) is 9.51. The third-order valence-corrected chi connectivity index (χ3v) is 3.90. The summed E-state index contributed by atoms with van der Waals surface area (Å²) < 4.78 is 4.65. The molecule has 134 valence electrons. The Morgan fingerprint density at radius 2 is 1.52 bits per heavy atom. The number of halogens is 3. The van der Waals surface area contributed by atoms with Crippen molar-refractivity contribution >= 4 is 58.9 Å². The molecule has 0 radical (unpaired) electrons. The van der Waals surface area contributed by atoms with E-state index in [1.807, 2.05) is 0 Å². The van der Waals surface area contributed by atoms with Crippen molar-refractivity contribution in [3.8, 4) is 0 Å². The van der Waals surface area contributed by atoms with Gasteiger partial charge in [-0.3, -0.25) is 4.79 Å². The van der Waals surface area contributed by atoms with Gasteiger partial charge in [-0.25, -0.2) is 4.79 Å². The standard InChI is InChI=1S/C17H16Cl2N2O3.ClH/c1-10(17(23)24-2)20-11-6-8-12(9-7-11)21-16(22)15-13(18)4-3-5-14(15)19;/h3-10,20H,1-2H3,(H,21,22);1H/t10-;/m0./s1. The van der Waals surface area contributed by atoms with E-state index in [9.17, 15) is 9.59 Å². The summed E-state index contributed by atoms with van der Waals surface area (Å²) in [7, 11) is 1.33. The second-order valence-electron chi connectivity index (χ2n) is 5.02. The molecule has 25 heavy (non-hydrogen) atoms. The van der Waals surface area contributed by atoms with E-state index < -0.39 is 11.9 Å². The molecule has 0 aromatic heterocycles. The van der Waals surface area contributed by atoms with Crippen molar-refractivity contribution in [2.45, 2.75) is 13.0 Å². The largest absolute Gasteiger partial charge is 0.467 e. The van der Waals surface area contributed by atoms with Gasteiger partial charge in [-0.1, -0.05) is 29.3 Å². The van der Waals surface area contributed by atoms with Gasteiger partial charge >= 0.3 is 5.97 Å². The summed E-state index contributed by atoms with van der Waals surface area (Å²) in [5.41, 5.74) is 1.52. The molecule has 0 unspecified atom stereocenters. The van der Waals surface area contributed by atoms with Crippen molar-refractivity contribution in [2.24, 2.45) is 0 Å². The Kier molecular flexibility index (Phi) is 8.03. The first-order valence-electron chi connectivity index (χ1n) is 7.12. The Morgan fingerprint density at radius 3 is 2.04 bits per heavy atom. The van der Waals surface area contributed by atoms with E-state index in [-0.39, 0.29) is 34.0 Å². The van der Waals surface area contributed by atoms with Crippen LogP contribution < -0.4 is 10.6 Å². The maximum Gasteiger partial charge on any atom is 0.327 e. The van der Waals surface area contributed by atoms with Gasteiger partial charge in [0.2, 0.25) is 0 Å². The van der Waals surface area contributed by atoms with Gasteiger partial charge in [0.05, 0.1) is 22.7 Å². The Labute approximate surface area is 162 Å². The van der Waals surface area contributed by atoms with Crippen LogP contribution in [0.3, 0.4) is 0 Å². The SMILES string of the molecule is COC(=O)[C@H](C)Nc1ccc(NC(=O)c2c(Cl)cccc2Cl)cc1.Cl. The summed E-state index contributed by atoms with van der Waals surface area (Å²) in [6.45, 7) is 1.70. The van der Waals surface area contributed by atoms with Crippen LogP contribution in [-0.4, -0.2) is 25.0 Å². The first kappa shape index (κ1) is 21.1. The summed E-state index contributed by atoms with van der Waals surface area (Å²) >= 11 is 12.0. The van der Waals surface area contributed by atoms with E-state index in [1.165, 1.54) is 7.11 Å². The molecule has 0 aliphatic carbocycles. The lowest BCUT2D eigenvalue weighted by atomic mass is 10.2. The lowest BCUT2D eigenvalue weighted by molar-refractivity contribution is -0.141. The molecule has 0 saturated heterocycles. The molecule has 0 saturated carbocycles. The zero-order valence-electron chi connectivity index (χ0n) is 13.5. The fraction of sp³-hybridized carbons (Fsp3) is 0.176. The van der Waals surface area contributed by atoms with Gasteiger partial charge in [-0.2, -0.15) is 0 Å². The molecule has 2 N–H and O–H groups in total. The molecule has 0 aliphatic rings. The van der Waals surface area contributed by atoms with E-state index in [2.05, 4.69) is 15.4 Å². The number of ether oxygens (including phenoxy) is 1.